The highest BCUT2D eigenvalue weighted by atomic mass is 32.2. The number of hydrogen-bond donors (Lipinski definition) is 1. The smallest absolute Gasteiger partial charge is 0.286 e. The Hall–Kier alpha value is -1.04. The number of thioether (sulfide) groups is 1. The van der Waals surface area contributed by atoms with Crippen molar-refractivity contribution in [2.75, 3.05) is 13.1 Å². The highest BCUT2D eigenvalue weighted by Crippen LogP contribution is 2.23. The van der Waals surface area contributed by atoms with E-state index >= 15 is 0 Å². The van der Waals surface area contributed by atoms with Gasteiger partial charge in [0, 0.05) is 19.5 Å². The molecule has 2 rings (SSSR count). The van der Waals surface area contributed by atoms with Gasteiger partial charge in [-0.1, -0.05) is 11.8 Å². The maximum Gasteiger partial charge on any atom is 0.286 e. The number of amides is 3. The molecule has 2 fully saturated rings. The van der Waals surface area contributed by atoms with Gasteiger partial charge in [-0.25, -0.2) is 0 Å². The Labute approximate surface area is 97.9 Å². The molecule has 0 aromatic carbocycles. The van der Waals surface area contributed by atoms with E-state index in [1.54, 1.807) is 4.90 Å². The fourth-order valence-electron chi connectivity index (χ4n) is 1.96. The summed E-state index contributed by atoms with van der Waals surface area (Å²) >= 11 is 0.919. The van der Waals surface area contributed by atoms with Gasteiger partial charge in [0.25, 0.3) is 5.24 Å². The zero-order valence-electron chi connectivity index (χ0n) is 8.90. The molecule has 0 spiro atoms. The van der Waals surface area contributed by atoms with E-state index in [4.69, 9.17) is 0 Å². The molecule has 0 bridgehead atoms. The van der Waals surface area contributed by atoms with E-state index in [-0.39, 0.29) is 23.5 Å². The third-order valence-corrected chi connectivity index (χ3v) is 3.82. The van der Waals surface area contributed by atoms with Crippen LogP contribution in [0.1, 0.15) is 25.7 Å². The molecule has 1 atom stereocenters. The number of nitrogens with zero attached hydrogens (tertiary/aromatic N) is 1. The second-order valence-corrected chi connectivity index (χ2v) is 5.20. The Morgan fingerprint density at radius 1 is 1.31 bits per heavy atom. The van der Waals surface area contributed by atoms with E-state index in [0.29, 0.717) is 0 Å². The molecule has 3 amide bonds. The van der Waals surface area contributed by atoms with Crippen LogP contribution in [0.3, 0.4) is 0 Å². The van der Waals surface area contributed by atoms with Gasteiger partial charge in [0.1, 0.15) is 5.25 Å². The maximum atomic E-state index is 11.8. The molecule has 0 aromatic rings. The van der Waals surface area contributed by atoms with Gasteiger partial charge in [0.2, 0.25) is 11.8 Å². The van der Waals surface area contributed by atoms with Gasteiger partial charge in [-0.2, -0.15) is 0 Å². The van der Waals surface area contributed by atoms with E-state index in [1.807, 2.05) is 0 Å². The average molecular weight is 242 g/mol. The minimum atomic E-state index is -0.526. The Kier molecular flexibility index (Phi) is 3.48. The van der Waals surface area contributed by atoms with Crippen molar-refractivity contribution in [1.82, 2.24) is 10.2 Å². The summed E-state index contributed by atoms with van der Waals surface area (Å²) in [4.78, 5) is 35.8. The SMILES string of the molecule is O=C1NC(=O)[C@H](CC(=O)N2CCCCC2)S1. The number of nitrogens with one attached hydrogen (secondary N) is 1. The molecule has 0 aliphatic carbocycles. The molecule has 0 radical (unpaired) electrons. The zero-order chi connectivity index (χ0) is 11.5. The molecule has 2 aliphatic heterocycles. The highest BCUT2D eigenvalue weighted by Gasteiger charge is 2.34. The summed E-state index contributed by atoms with van der Waals surface area (Å²) in [6, 6.07) is 0. The maximum absolute atomic E-state index is 11.8. The molecular formula is C10H14N2O3S. The Morgan fingerprint density at radius 2 is 2.00 bits per heavy atom. The second kappa shape index (κ2) is 4.86. The summed E-state index contributed by atoms with van der Waals surface area (Å²) in [7, 11) is 0. The largest absolute Gasteiger partial charge is 0.343 e. The Morgan fingerprint density at radius 3 is 2.56 bits per heavy atom. The number of piperidine rings is 1. The first-order chi connectivity index (χ1) is 7.66. The van der Waals surface area contributed by atoms with Crippen molar-refractivity contribution in [2.24, 2.45) is 0 Å². The van der Waals surface area contributed by atoms with Gasteiger partial charge < -0.3 is 4.90 Å². The van der Waals surface area contributed by atoms with Crippen molar-refractivity contribution in [3.8, 4) is 0 Å². The van der Waals surface area contributed by atoms with Crippen LogP contribution < -0.4 is 5.32 Å². The predicted octanol–water partition coefficient (Wildman–Crippen LogP) is 0.741. The molecule has 2 heterocycles. The number of likely N-dealkylation sites (tertiary alicyclic amines) is 1. The van der Waals surface area contributed by atoms with Crippen molar-refractivity contribution in [1.29, 1.82) is 0 Å². The number of carbonyl (C=O) groups excluding carboxylic acids is 3. The van der Waals surface area contributed by atoms with Crippen LogP contribution in [0.2, 0.25) is 0 Å². The number of carbonyl (C=O) groups is 3. The van der Waals surface area contributed by atoms with Gasteiger partial charge in [-0.3, -0.25) is 19.7 Å². The quantitative estimate of drug-likeness (QED) is 0.775. The standard InChI is InChI=1S/C10H14N2O3S/c13-8(12-4-2-1-3-5-12)6-7-9(14)11-10(15)16-7/h7H,1-6H2,(H,11,14,15)/t7-/m0/s1. The fraction of sp³-hybridized carbons (Fsp3) is 0.700. The molecule has 2 aliphatic rings. The topological polar surface area (TPSA) is 66.5 Å². The van der Waals surface area contributed by atoms with Crippen molar-refractivity contribution in [3.05, 3.63) is 0 Å². The second-order valence-electron chi connectivity index (χ2n) is 4.03. The summed E-state index contributed by atoms with van der Waals surface area (Å²) < 4.78 is 0. The molecule has 2 saturated heterocycles. The molecule has 88 valence electrons. The lowest BCUT2D eigenvalue weighted by Gasteiger charge is -2.27. The van der Waals surface area contributed by atoms with E-state index in [9.17, 15) is 14.4 Å². The van der Waals surface area contributed by atoms with Crippen LogP contribution in [0.15, 0.2) is 0 Å². The van der Waals surface area contributed by atoms with Gasteiger partial charge in [0.15, 0.2) is 0 Å². The predicted molar refractivity (Wildman–Crippen MR) is 60.0 cm³/mol. The lowest BCUT2D eigenvalue weighted by Crippen LogP contribution is -2.38. The first-order valence-corrected chi connectivity index (χ1v) is 6.34. The third-order valence-electron chi connectivity index (χ3n) is 2.84. The van der Waals surface area contributed by atoms with Gasteiger partial charge in [-0.15, -0.1) is 0 Å². The van der Waals surface area contributed by atoms with Crippen molar-refractivity contribution < 1.29 is 14.4 Å². The normalized spacial score (nSPS) is 25.8. The Bertz CT molecular complexity index is 326. The van der Waals surface area contributed by atoms with Crippen LogP contribution in [0.25, 0.3) is 0 Å². The molecule has 5 nitrogen and oxygen atoms in total. The highest BCUT2D eigenvalue weighted by molar-refractivity contribution is 8.15. The first-order valence-electron chi connectivity index (χ1n) is 5.46. The van der Waals surface area contributed by atoms with Gasteiger partial charge in [0.05, 0.1) is 0 Å². The Balaban J connectivity index is 1.86. The van der Waals surface area contributed by atoms with E-state index < -0.39 is 5.25 Å². The molecule has 1 N–H and O–H groups in total. The van der Waals surface area contributed by atoms with Crippen LogP contribution in [-0.2, 0) is 9.59 Å². The lowest BCUT2D eigenvalue weighted by molar-refractivity contribution is -0.133. The van der Waals surface area contributed by atoms with E-state index in [0.717, 1.165) is 37.7 Å². The fourth-order valence-corrected chi connectivity index (χ4v) is 2.77. The summed E-state index contributed by atoms with van der Waals surface area (Å²) in [5.41, 5.74) is 0. The molecule has 0 aromatic heterocycles. The van der Waals surface area contributed by atoms with E-state index in [1.165, 1.54) is 6.42 Å². The summed E-state index contributed by atoms with van der Waals surface area (Å²) in [5, 5.41) is 1.32. The number of hydrogen-bond acceptors (Lipinski definition) is 4. The van der Waals surface area contributed by atoms with Gasteiger partial charge >= 0.3 is 0 Å². The van der Waals surface area contributed by atoms with Gasteiger partial charge in [-0.05, 0) is 19.3 Å². The lowest BCUT2D eigenvalue weighted by atomic mass is 10.1. The third kappa shape index (κ3) is 2.55. The average Bonchev–Trinajstić information content (AvgIpc) is 2.59. The summed E-state index contributed by atoms with van der Waals surface area (Å²) in [6.45, 7) is 1.57. The van der Waals surface area contributed by atoms with Crippen LogP contribution in [0, 0.1) is 0 Å². The first kappa shape index (κ1) is 11.4. The molecule has 6 heteroatoms. The van der Waals surface area contributed by atoms with Crippen LogP contribution in [0.4, 0.5) is 4.79 Å². The summed E-state index contributed by atoms with van der Waals surface area (Å²) in [5.74, 6) is -0.345. The van der Waals surface area contributed by atoms with Crippen LogP contribution >= 0.6 is 11.8 Å². The molecular weight excluding hydrogens is 228 g/mol. The zero-order valence-corrected chi connectivity index (χ0v) is 9.72. The van der Waals surface area contributed by atoms with Crippen LogP contribution in [0.5, 0.6) is 0 Å². The van der Waals surface area contributed by atoms with Crippen molar-refractivity contribution in [2.45, 2.75) is 30.9 Å². The number of imide groups is 1. The molecule has 16 heavy (non-hydrogen) atoms. The van der Waals surface area contributed by atoms with Crippen LogP contribution in [-0.4, -0.2) is 40.3 Å². The van der Waals surface area contributed by atoms with E-state index in [2.05, 4.69) is 5.32 Å². The number of rotatable bonds is 2. The summed E-state index contributed by atoms with van der Waals surface area (Å²) in [6.07, 6.45) is 3.38. The van der Waals surface area contributed by atoms with Crippen molar-refractivity contribution in [3.63, 3.8) is 0 Å². The van der Waals surface area contributed by atoms with Crippen molar-refractivity contribution >= 4 is 28.8 Å². The minimum Gasteiger partial charge on any atom is -0.343 e. The minimum absolute atomic E-state index is 0.0120. The molecule has 0 saturated carbocycles. The molecule has 0 unspecified atom stereocenters. The monoisotopic (exact) mass is 242 g/mol.